The molecule has 1 heterocycles. The Balaban J connectivity index is 2.30. The van der Waals surface area contributed by atoms with Crippen molar-refractivity contribution in [3.05, 3.63) is 29.3 Å². The van der Waals surface area contributed by atoms with Gasteiger partial charge in [0.25, 0.3) is 0 Å². The molecule has 1 aromatic carbocycles. The third-order valence-corrected chi connectivity index (χ3v) is 2.93. The molecule has 0 aromatic heterocycles. The second-order valence-electron chi connectivity index (χ2n) is 4.31. The number of benzene rings is 1. The molecule has 0 aliphatic carbocycles. The van der Waals surface area contributed by atoms with E-state index in [1.165, 1.54) is 23.2 Å². The minimum absolute atomic E-state index is 0.635. The Bertz CT molecular complexity index is 315. The van der Waals surface area contributed by atoms with E-state index in [0.29, 0.717) is 12.0 Å². The smallest absolute Gasteiger partial charge is 0.0405 e. The van der Waals surface area contributed by atoms with Crippen molar-refractivity contribution in [2.45, 2.75) is 33.2 Å². The number of rotatable bonds is 1. The maximum absolute atomic E-state index is 3.60. The van der Waals surface area contributed by atoms with Gasteiger partial charge in [0, 0.05) is 11.7 Å². The lowest BCUT2D eigenvalue weighted by Gasteiger charge is -2.15. The van der Waals surface area contributed by atoms with Crippen LogP contribution >= 0.6 is 0 Å². The lowest BCUT2D eigenvalue weighted by molar-refractivity contribution is 0.538. The van der Waals surface area contributed by atoms with Gasteiger partial charge in [0.05, 0.1) is 0 Å². The third-order valence-electron chi connectivity index (χ3n) is 2.93. The largest absolute Gasteiger partial charge is 0.381 e. The first kappa shape index (κ1) is 8.61. The summed E-state index contributed by atoms with van der Waals surface area (Å²) in [7, 11) is 0. The van der Waals surface area contributed by atoms with Crippen molar-refractivity contribution >= 4 is 5.69 Å². The van der Waals surface area contributed by atoms with Crippen LogP contribution in [-0.4, -0.2) is 6.04 Å². The fourth-order valence-electron chi connectivity index (χ4n) is 1.98. The second kappa shape index (κ2) is 3.06. The van der Waals surface area contributed by atoms with Crippen LogP contribution in [0.15, 0.2) is 18.2 Å². The lowest BCUT2D eigenvalue weighted by Crippen LogP contribution is -2.22. The molecule has 1 unspecified atom stereocenters. The lowest BCUT2D eigenvalue weighted by atomic mass is 10.0. The van der Waals surface area contributed by atoms with Crippen molar-refractivity contribution in [3.8, 4) is 0 Å². The zero-order chi connectivity index (χ0) is 9.42. The van der Waals surface area contributed by atoms with E-state index in [-0.39, 0.29) is 0 Å². The van der Waals surface area contributed by atoms with Crippen molar-refractivity contribution in [2.75, 3.05) is 5.32 Å². The number of fused-ring (bicyclic) bond motifs is 1. The van der Waals surface area contributed by atoms with E-state index >= 15 is 0 Å². The number of hydrogen-bond acceptors (Lipinski definition) is 1. The van der Waals surface area contributed by atoms with Crippen LogP contribution in [0.4, 0.5) is 5.69 Å². The van der Waals surface area contributed by atoms with Gasteiger partial charge >= 0.3 is 0 Å². The fraction of sp³-hybridized carbons (Fsp3) is 0.500. The van der Waals surface area contributed by atoms with Gasteiger partial charge in [-0.1, -0.05) is 32.0 Å². The molecular weight excluding hydrogens is 158 g/mol. The van der Waals surface area contributed by atoms with Crippen LogP contribution in [0.25, 0.3) is 0 Å². The fourth-order valence-corrected chi connectivity index (χ4v) is 1.98. The Morgan fingerprint density at radius 2 is 2.15 bits per heavy atom. The molecule has 13 heavy (non-hydrogen) atoms. The minimum atomic E-state index is 0.635. The third kappa shape index (κ3) is 1.43. The summed E-state index contributed by atoms with van der Waals surface area (Å²) >= 11 is 0. The molecule has 0 saturated heterocycles. The van der Waals surface area contributed by atoms with E-state index < -0.39 is 0 Å². The van der Waals surface area contributed by atoms with Crippen LogP contribution in [0.2, 0.25) is 0 Å². The molecule has 0 spiro atoms. The number of aryl methyl sites for hydroxylation is 1. The highest BCUT2D eigenvalue weighted by Gasteiger charge is 2.23. The van der Waals surface area contributed by atoms with Crippen LogP contribution in [0.1, 0.15) is 25.0 Å². The van der Waals surface area contributed by atoms with Gasteiger partial charge in [0.1, 0.15) is 0 Å². The van der Waals surface area contributed by atoms with E-state index in [0.717, 1.165) is 0 Å². The number of nitrogens with one attached hydrogen (secondary N) is 1. The van der Waals surface area contributed by atoms with Crippen molar-refractivity contribution in [1.29, 1.82) is 0 Å². The van der Waals surface area contributed by atoms with E-state index in [4.69, 9.17) is 0 Å². The first-order valence-electron chi connectivity index (χ1n) is 5.03. The quantitative estimate of drug-likeness (QED) is 0.692. The molecule has 1 aromatic rings. The number of hydrogen-bond donors (Lipinski definition) is 1. The summed E-state index contributed by atoms with van der Waals surface area (Å²) in [5, 5.41) is 3.60. The molecule has 1 heteroatoms. The second-order valence-corrected chi connectivity index (χ2v) is 4.31. The highest BCUT2D eigenvalue weighted by atomic mass is 15.0. The van der Waals surface area contributed by atoms with Crippen LogP contribution in [0, 0.1) is 12.8 Å². The molecule has 0 radical (unpaired) electrons. The Hall–Kier alpha value is -0.980. The predicted molar refractivity (Wildman–Crippen MR) is 57.1 cm³/mol. The van der Waals surface area contributed by atoms with Crippen molar-refractivity contribution in [2.24, 2.45) is 5.92 Å². The van der Waals surface area contributed by atoms with Crippen LogP contribution < -0.4 is 5.32 Å². The van der Waals surface area contributed by atoms with E-state index in [1.807, 2.05) is 0 Å². The van der Waals surface area contributed by atoms with Crippen LogP contribution in [0.5, 0.6) is 0 Å². The first-order chi connectivity index (χ1) is 6.18. The molecule has 0 amide bonds. The molecule has 1 aliphatic heterocycles. The van der Waals surface area contributed by atoms with Crippen molar-refractivity contribution in [3.63, 3.8) is 0 Å². The standard InChI is InChI=1S/C12H17N/c1-8(2)11-7-10-6-4-5-9(3)12(10)13-11/h4-6,8,11,13H,7H2,1-3H3. The molecule has 1 N–H and O–H groups in total. The van der Waals surface area contributed by atoms with Gasteiger partial charge in [-0.3, -0.25) is 0 Å². The maximum Gasteiger partial charge on any atom is 0.0405 e. The Morgan fingerprint density at radius 1 is 1.38 bits per heavy atom. The summed E-state index contributed by atoms with van der Waals surface area (Å²) in [6, 6.07) is 7.20. The van der Waals surface area contributed by atoms with Crippen LogP contribution in [0.3, 0.4) is 0 Å². The van der Waals surface area contributed by atoms with E-state index in [9.17, 15) is 0 Å². The van der Waals surface area contributed by atoms with Crippen LogP contribution in [-0.2, 0) is 6.42 Å². The molecule has 1 aliphatic rings. The highest BCUT2D eigenvalue weighted by Crippen LogP contribution is 2.31. The molecule has 70 valence electrons. The zero-order valence-electron chi connectivity index (χ0n) is 8.59. The molecule has 1 nitrogen and oxygen atoms in total. The first-order valence-corrected chi connectivity index (χ1v) is 5.03. The molecule has 0 bridgehead atoms. The van der Waals surface area contributed by atoms with E-state index in [1.54, 1.807) is 0 Å². The van der Waals surface area contributed by atoms with Gasteiger partial charge in [0.15, 0.2) is 0 Å². The average Bonchev–Trinajstić information content (AvgIpc) is 2.49. The molecule has 0 fully saturated rings. The molecule has 1 atom stereocenters. The normalized spacial score (nSPS) is 20.2. The maximum atomic E-state index is 3.60. The van der Waals surface area contributed by atoms with Gasteiger partial charge in [-0.05, 0) is 30.4 Å². The number of anilines is 1. The average molecular weight is 175 g/mol. The predicted octanol–water partition coefficient (Wildman–Crippen LogP) is 2.99. The van der Waals surface area contributed by atoms with Gasteiger partial charge in [-0.15, -0.1) is 0 Å². The van der Waals surface area contributed by atoms with Gasteiger partial charge < -0.3 is 5.32 Å². The topological polar surface area (TPSA) is 12.0 Å². The SMILES string of the molecule is Cc1cccc2c1NC(C(C)C)C2. The Kier molecular flexibility index (Phi) is 2.03. The van der Waals surface area contributed by atoms with Crippen molar-refractivity contribution < 1.29 is 0 Å². The van der Waals surface area contributed by atoms with Crippen molar-refractivity contribution in [1.82, 2.24) is 0 Å². The monoisotopic (exact) mass is 175 g/mol. The van der Waals surface area contributed by atoms with Gasteiger partial charge in [-0.25, -0.2) is 0 Å². The van der Waals surface area contributed by atoms with Gasteiger partial charge in [-0.2, -0.15) is 0 Å². The highest BCUT2D eigenvalue weighted by molar-refractivity contribution is 5.61. The summed E-state index contributed by atoms with van der Waals surface area (Å²) in [5.41, 5.74) is 4.24. The van der Waals surface area contributed by atoms with E-state index in [2.05, 4.69) is 44.3 Å². The summed E-state index contributed by atoms with van der Waals surface area (Å²) in [6.07, 6.45) is 1.19. The summed E-state index contributed by atoms with van der Waals surface area (Å²) in [4.78, 5) is 0. The summed E-state index contributed by atoms with van der Waals surface area (Å²) in [5.74, 6) is 0.715. The summed E-state index contributed by atoms with van der Waals surface area (Å²) < 4.78 is 0. The minimum Gasteiger partial charge on any atom is -0.381 e. The molecule has 0 saturated carbocycles. The number of para-hydroxylation sites is 1. The molecular formula is C12H17N. The van der Waals surface area contributed by atoms with Gasteiger partial charge in [0.2, 0.25) is 0 Å². The summed E-state index contributed by atoms with van der Waals surface area (Å²) in [6.45, 7) is 6.73. The Morgan fingerprint density at radius 3 is 2.77 bits per heavy atom. The zero-order valence-corrected chi connectivity index (χ0v) is 8.59. The molecule has 2 rings (SSSR count). The Labute approximate surface area is 80.2 Å².